The fourth-order valence-corrected chi connectivity index (χ4v) is 1.52. The maximum atomic E-state index is 13.5. The van der Waals surface area contributed by atoms with Gasteiger partial charge >= 0.3 is 5.97 Å². The SMILES string of the molecule is C=C(CN[C@H](C)c1ccccc1F)C(=O)OCC. The van der Waals surface area contributed by atoms with Crippen molar-refractivity contribution in [1.29, 1.82) is 0 Å². The first kappa shape index (κ1) is 14.4. The van der Waals surface area contributed by atoms with E-state index < -0.39 is 5.97 Å². The quantitative estimate of drug-likeness (QED) is 0.624. The van der Waals surface area contributed by atoms with Crippen LogP contribution in [0.1, 0.15) is 25.5 Å². The lowest BCUT2D eigenvalue weighted by Gasteiger charge is -2.15. The Kier molecular flexibility index (Phi) is 5.52. The van der Waals surface area contributed by atoms with Crippen molar-refractivity contribution in [3.8, 4) is 0 Å². The van der Waals surface area contributed by atoms with E-state index in [-0.39, 0.29) is 18.4 Å². The van der Waals surface area contributed by atoms with Gasteiger partial charge in [0.1, 0.15) is 5.82 Å². The van der Waals surface area contributed by atoms with Crippen LogP contribution in [0.5, 0.6) is 0 Å². The van der Waals surface area contributed by atoms with Gasteiger partial charge in [-0.1, -0.05) is 24.8 Å². The molecule has 1 aromatic carbocycles. The number of hydrogen-bond donors (Lipinski definition) is 1. The van der Waals surface area contributed by atoms with Crippen molar-refractivity contribution in [3.05, 3.63) is 47.8 Å². The second-order valence-electron chi connectivity index (χ2n) is 3.95. The number of carbonyl (C=O) groups is 1. The number of nitrogens with one attached hydrogen (secondary N) is 1. The van der Waals surface area contributed by atoms with Crippen LogP contribution >= 0.6 is 0 Å². The van der Waals surface area contributed by atoms with Crippen LogP contribution in [0.4, 0.5) is 4.39 Å². The van der Waals surface area contributed by atoms with Gasteiger partial charge in [-0.25, -0.2) is 9.18 Å². The molecule has 0 saturated heterocycles. The Morgan fingerprint density at radius 2 is 2.17 bits per heavy atom. The van der Waals surface area contributed by atoms with Gasteiger partial charge in [0.15, 0.2) is 0 Å². The Labute approximate surface area is 107 Å². The molecule has 0 spiro atoms. The molecule has 1 atom stereocenters. The highest BCUT2D eigenvalue weighted by Gasteiger charge is 2.12. The molecule has 1 rings (SSSR count). The number of hydrogen-bond acceptors (Lipinski definition) is 3. The van der Waals surface area contributed by atoms with Crippen LogP contribution in [0.2, 0.25) is 0 Å². The van der Waals surface area contributed by atoms with E-state index in [1.54, 1.807) is 25.1 Å². The monoisotopic (exact) mass is 251 g/mol. The minimum Gasteiger partial charge on any atom is -0.463 e. The summed E-state index contributed by atoms with van der Waals surface area (Å²) in [7, 11) is 0. The van der Waals surface area contributed by atoms with Crippen LogP contribution in [0.3, 0.4) is 0 Å². The third-order valence-corrected chi connectivity index (χ3v) is 2.56. The first-order valence-electron chi connectivity index (χ1n) is 5.89. The van der Waals surface area contributed by atoms with E-state index in [1.807, 2.05) is 6.92 Å². The van der Waals surface area contributed by atoms with Gasteiger partial charge in [-0.3, -0.25) is 0 Å². The molecule has 1 N–H and O–H groups in total. The molecule has 0 heterocycles. The number of ether oxygens (including phenoxy) is 1. The lowest BCUT2D eigenvalue weighted by Crippen LogP contribution is -2.25. The van der Waals surface area contributed by atoms with Crippen molar-refractivity contribution in [2.75, 3.05) is 13.2 Å². The number of carbonyl (C=O) groups excluding carboxylic acids is 1. The van der Waals surface area contributed by atoms with Gasteiger partial charge in [0.25, 0.3) is 0 Å². The van der Waals surface area contributed by atoms with Gasteiger partial charge in [0.2, 0.25) is 0 Å². The molecule has 0 saturated carbocycles. The second-order valence-corrected chi connectivity index (χ2v) is 3.95. The van der Waals surface area contributed by atoms with Gasteiger partial charge < -0.3 is 10.1 Å². The van der Waals surface area contributed by atoms with Gasteiger partial charge in [-0.2, -0.15) is 0 Å². The zero-order valence-corrected chi connectivity index (χ0v) is 10.7. The summed E-state index contributed by atoms with van der Waals surface area (Å²) in [6.07, 6.45) is 0. The van der Waals surface area contributed by atoms with E-state index in [0.717, 1.165) is 0 Å². The minimum absolute atomic E-state index is 0.197. The summed E-state index contributed by atoms with van der Waals surface area (Å²) < 4.78 is 18.3. The van der Waals surface area contributed by atoms with Gasteiger partial charge in [-0.15, -0.1) is 0 Å². The average molecular weight is 251 g/mol. The molecule has 0 aromatic heterocycles. The maximum Gasteiger partial charge on any atom is 0.334 e. The largest absolute Gasteiger partial charge is 0.463 e. The highest BCUT2D eigenvalue weighted by atomic mass is 19.1. The lowest BCUT2D eigenvalue weighted by molar-refractivity contribution is -0.138. The molecule has 0 radical (unpaired) electrons. The van der Waals surface area contributed by atoms with Crippen molar-refractivity contribution in [2.24, 2.45) is 0 Å². The fourth-order valence-electron chi connectivity index (χ4n) is 1.52. The second kappa shape index (κ2) is 6.91. The normalized spacial score (nSPS) is 11.9. The summed E-state index contributed by atoms with van der Waals surface area (Å²) in [5.41, 5.74) is 0.897. The minimum atomic E-state index is -0.425. The molecule has 0 bridgehead atoms. The maximum absolute atomic E-state index is 13.5. The van der Waals surface area contributed by atoms with Crippen LogP contribution in [0.25, 0.3) is 0 Å². The summed E-state index contributed by atoms with van der Waals surface area (Å²) in [6.45, 7) is 7.79. The zero-order chi connectivity index (χ0) is 13.5. The van der Waals surface area contributed by atoms with Gasteiger partial charge in [-0.05, 0) is 19.9 Å². The van der Waals surface area contributed by atoms with E-state index in [2.05, 4.69) is 11.9 Å². The predicted octanol–water partition coefficient (Wildman–Crippen LogP) is 2.60. The summed E-state index contributed by atoms with van der Waals surface area (Å²) in [5.74, 6) is -0.690. The topological polar surface area (TPSA) is 38.3 Å². The van der Waals surface area contributed by atoms with Crippen LogP contribution in [0.15, 0.2) is 36.4 Å². The van der Waals surface area contributed by atoms with E-state index in [9.17, 15) is 9.18 Å². The van der Waals surface area contributed by atoms with Crippen molar-refractivity contribution in [1.82, 2.24) is 5.32 Å². The van der Waals surface area contributed by atoms with Crippen LogP contribution in [0, 0.1) is 5.82 Å². The molecular formula is C14H18FNO2. The molecule has 3 nitrogen and oxygen atoms in total. The molecular weight excluding hydrogens is 233 g/mol. The molecule has 0 aliphatic carbocycles. The van der Waals surface area contributed by atoms with E-state index in [4.69, 9.17) is 4.74 Å². The molecule has 0 amide bonds. The Morgan fingerprint density at radius 3 is 2.78 bits per heavy atom. The third-order valence-electron chi connectivity index (χ3n) is 2.56. The number of esters is 1. The molecule has 0 aliphatic rings. The van der Waals surface area contributed by atoms with Crippen molar-refractivity contribution in [2.45, 2.75) is 19.9 Å². The number of benzene rings is 1. The molecule has 98 valence electrons. The summed E-state index contributed by atoms with van der Waals surface area (Å²) >= 11 is 0. The average Bonchev–Trinajstić information content (AvgIpc) is 2.36. The molecule has 4 heteroatoms. The Morgan fingerprint density at radius 1 is 1.50 bits per heavy atom. The van der Waals surface area contributed by atoms with Crippen molar-refractivity contribution < 1.29 is 13.9 Å². The number of halogens is 1. The molecule has 0 unspecified atom stereocenters. The highest BCUT2D eigenvalue weighted by molar-refractivity contribution is 5.88. The summed E-state index contributed by atoms with van der Waals surface area (Å²) in [6, 6.07) is 6.34. The molecule has 18 heavy (non-hydrogen) atoms. The number of rotatable bonds is 6. The van der Waals surface area contributed by atoms with Gasteiger partial charge in [0.05, 0.1) is 6.61 Å². The molecule has 0 fully saturated rings. The van der Waals surface area contributed by atoms with E-state index >= 15 is 0 Å². The third kappa shape index (κ3) is 3.96. The van der Waals surface area contributed by atoms with Crippen LogP contribution in [-0.2, 0) is 9.53 Å². The Hall–Kier alpha value is -1.68. The fraction of sp³-hybridized carbons (Fsp3) is 0.357. The smallest absolute Gasteiger partial charge is 0.334 e. The van der Waals surface area contributed by atoms with Crippen molar-refractivity contribution >= 4 is 5.97 Å². The van der Waals surface area contributed by atoms with Crippen LogP contribution in [-0.4, -0.2) is 19.1 Å². The van der Waals surface area contributed by atoms with E-state index in [0.29, 0.717) is 17.7 Å². The molecule has 0 aliphatic heterocycles. The summed E-state index contributed by atoms with van der Waals surface area (Å²) in [5, 5.41) is 3.04. The lowest BCUT2D eigenvalue weighted by atomic mass is 10.1. The molecule has 1 aromatic rings. The van der Waals surface area contributed by atoms with Crippen molar-refractivity contribution in [3.63, 3.8) is 0 Å². The first-order chi connectivity index (χ1) is 8.56. The van der Waals surface area contributed by atoms with E-state index in [1.165, 1.54) is 6.07 Å². The Bertz CT molecular complexity index is 432. The zero-order valence-electron chi connectivity index (χ0n) is 10.7. The van der Waals surface area contributed by atoms with Gasteiger partial charge in [0, 0.05) is 23.7 Å². The predicted molar refractivity (Wildman–Crippen MR) is 68.6 cm³/mol. The van der Waals surface area contributed by atoms with Crippen LogP contribution < -0.4 is 5.32 Å². The highest BCUT2D eigenvalue weighted by Crippen LogP contribution is 2.16. The first-order valence-corrected chi connectivity index (χ1v) is 5.89. The summed E-state index contributed by atoms with van der Waals surface area (Å²) in [4.78, 5) is 11.3. The Balaban J connectivity index is 2.52. The standard InChI is InChI=1S/C14H18FNO2/c1-4-18-14(17)10(2)9-16-11(3)12-7-5-6-8-13(12)15/h5-8,11,16H,2,4,9H2,1,3H3/t11-/m1/s1.